The Kier molecular flexibility index (Phi) is 57.6. The Hall–Kier alpha value is 1.47. The molecule has 0 heterocycles. The Morgan fingerprint density at radius 3 is 1.20 bits per heavy atom. The first-order valence-corrected chi connectivity index (χ1v) is 1.73. The number of hydrogen-bond donors (Lipinski definition) is 2. The van der Waals surface area contributed by atoms with E-state index < -0.39 is 0 Å². The van der Waals surface area contributed by atoms with E-state index in [-0.39, 0.29) is 27.2 Å². The van der Waals surface area contributed by atoms with Gasteiger partial charge in [-0.05, 0) is 0 Å². The van der Waals surface area contributed by atoms with Gasteiger partial charge < -0.3 is 6.15 Å². The first-order valence-electron chi connectivity index (χ1n) is 0.577. The fraction of sp³-hybridized carbons (Fsp3) is 0. The molecule has 0 aliphatic rings. The predicted octanol–water partition coefficient (Wildman–Crippen LogP) is 0.316. The average molecular weight is 293 g/mol. The van der Waals surface area contributed by atoms with Gasteiger partial charge in [-0.1, -0.05) is 18.8 Å². The minimum atomic E-state index is 0. The summed E-state index contributed by atoms with van der Waals surface area (Å²) < 4.78 is 0. The van der Waals surface area contributed by atoms with E-state index in [1.807, 2.05) is 0 Å². The second kappa shape index (κ2) is 17.9. The number of rotatable bonds is 0. The summed E-state index contributed by atoms with van der Waals surface area (Å²) in [6.45, 7) is 0. The molecule has 0 aliphatic carbocycles. The van der Waals surface area contributed by atoms with Crippen molar-refractivity contribution < 1.29 is 21.1 Å². The first-order chi connectivity index (χ1) is 1.41. The Morgan fingerprint density at radius 1 is 1.20 bits per heavy atom. The second-order valence-corrected chi connectivity index (χ2v) is 1.50. The van der Waals surface area contributed by atoms with Gasteiger partial charge in [-0.2, -0.15) is 0 Å². The summed E-state index contributed by atoms with van der Waals surface area (Å²) in [5, 5.41) is 0. The molecule has 2 unspecified atom stereocenters. The van der Waals surface area contributed by atoms with Gasteiger partial charge in [0, 0.05) is 21.1 Å². The van der Waals surface area contributed by atoms with Crippen LogP contribution < -0.4 is 11.0 Å². The summed E-state index contributed by atoms with van der Waals surface area (Å²) in [7, 11) is 4.58. The van der Waals surface area contributed by atoms with Gasteiger partial charge >= 0.3 is 0 Å². The van der Waals surface area contributed by atoms with Crippen molar-refractivity contribution in [2.24, 2.45) is 0 Å². The summed E-state index contributed by atoms with van der Waals surface area (Å²) in [5.74, 6) is 0. The van der Waals surface area contributed by atoms with Crippen LogP contribution in [0.2, 0.25) is 0 Å². The molecule has 0 aromatic rings. The molecule has 5 heavy (non-hydrogen) atoms. The minimum absolute atomic E-state index is 0. The molecule has 0 saturated heterocycles. The Labute approximate surface area is 51.2 Å². The summed E-state index contributed by atoms with van der Waals surface area (Å²) in [5.41, 5.74) is 0. The van der Waals surface area contributed by atoms with Gasteiger partial charge in [-0.25, -0.2) is 0 Å². The van der Waals surface area contributed by atoms with Crippen LogP contribution in [0.1, 0.15) is 0 Å². The topological polar surface area (TPSA) is 47.0 Å². The molecule has 38 valence electrons. The molecule has 0 spiro atoms. The van der Waals surface area contributed by atoms with Crippen molar-refractivity contribution in [1.29, 1.82) is 0 Å². The summed E-state index contributed by atoms with van der Waals surface area (Å²) >= 11 is 0. The van der Waals surface area contributed by atoms with Gasteiger partial charge in [-0.3, -0.25) is 4.86 Å². The fourth-order valence-corrected chi connectivity index (χ4v) is 0. The zero-order chi connectivity index (χ0) is 2.71. The first kappa shape index (κ1) is 16.1. The van der Waals surface area contributed by atoms with Crippen molar-refractivity contribution in [3.8, 4) is 0 Å². The molecule has 2 atom stereocenters. The van der Waals surface area contributed by atoms with Crippen molar-refractivity contribution in [2.45, 2.75) is 0 Å². The van der Waals surface area contributed by atoms with Crippen molar-refractivity contribution in [2.75, 3.05) is 0 Å². The Morgan fingerprint density at radius 2 is 1.20 bits per heavy atom. The van der Waals surface area contributed by atoms with Crippen LogP contribution in [-0.4, -0.2) is 0 Å². The largest absolute Gasteiger partial charge is 0.344 e. The predicted molar refractivity (Wildman–Crippen MR) is 27.6 cm³/mol. The van der Waals surface area contributed by atoms with Crippen LogP contribution >= 0.6 is 18.8 Å². The van der Waals surface area contributed by atoms with Gasteiger partial charge in [0.1, 0.15) is 0 Å². The van der Waals surface area contributed by atoms with E-state index in [4.69, 9.17) is 0 Å². The molecule has 0 bridgehead atoms. The normalized spacial score (nSPS) is 3.60. The average Bonchev–Trinajstić information content (AvgIpc) is 0.918. The number of hydrogen-bond acceptors (Lipinski definition) is 2. The third kappa shape index (κ3) is 30.5. The quantitative estimate of drug-likeness (QED) is 0.632. The molecule has 0 aliphatic heterocycles. The van der Waals surface area contributed by atoms with Crippen LogP contribution in [0.25, 0.3) is 0 Å². The van der Waals surface area contributed by atoms with Gasteiger partial charge in [0.2, 0.25) is 0 Å². The van der Waals surface area contributed by atoms with Crippen LogP contribution in [0.15, 0.2) is 0 Å². The molecular formula is H8N2P2Pt. The zero-order valence-electron chi connectivity index (χ0n) is 2.68. The Balaban J connectivity index is -0.0000000200. The molecule has 0 rings (SSSR count). The standard InChI is InChI=1S/H5NP2.H3N.Pt/c2-1-3;;/h1H,2-3H2;1H3;. The number of nitrogens with one attached hydrogen (secondary N) is 1. The molecule has 0 fully saturated rings. The molecule has 2 nitrogen and oxygen atoms in total. The van der Waals surface area contributed by atoms with E-state index in [1.54, 1.807) is 0 Å². The van der Waals surface area contributed by atoms with Crippen LogP contribution in [-0.2, 0) is 21.1 Å². The van der Waals surface area contributed by atoms with E-state index in [0.29, 0.717) is 0 Å². The third-order valence-corrected chi connectivity index (χ3v) is 0. The third-order valence-electron chi connectivity index (χ3n) is 0. The summed E-state index contributed by atoms with van der Waals surface area (Å²) in [6.07, 6.45) is 0. The van der Waals surface area contributed by atoms with Gasteiger partial charge in [0.15, 0.2) is 0 Å². The van der Waals surface area contributed by atoms with Crippen LogP contribution in [0, 0.1) is 0 Å². The smallest absolute Gasteiger partial charge is 0 e. The molecule has 4 N–H and O–H groups in total. The minimum Gasteiger partial charge on any atom is -0.344 e. The van der Waals surface area contributed by atoms with E-state index in [9.17, 15) is 0 Å². The SMILES string of the molecule is N.PNP.[Pt]. The molecule has 0 aromatic carbocycles. The summed E-state index contributed by atoms with van der Waals surface area (Å²) in [4.78, 5) is 2.58. The van der Waals surface area contributed by atoms with Gasteiger partial charge in [-0.15, -0.1) is 0 Å². The van der Waals surface area contributed by atoms with E-state index in [0.717, 1.165) is 0 Å². The maximum Gasteiger partial charge on any atom is 0 e. The van der Waals surface area contributed by atoms with E-state index in [2.05, 4.69) is 23.6 Å². The van der Waals surface area contributed by atoms with Crippen molar-refractivity contribution in [3.05, 3.63) is 0 Å². The zero-order valence-corrected chi connectivity index (χ0v) is 7.26. The maximum atomic E-state index is 2.58. The monoisotopic (exact) mass is 293 g/mol. The second-order valence-electron chi connectivity index (χ2n) is 0.167. The van der Waals surface area contributed by atoms with Crippen LogP contribution in [0.5, 0.6) is 0 Å². The van der Waals surface area contributed by atoms with Crippen LogP contribution in [0.4, 0.5) is 0 Å². The van der Waals surface area contributed by atoms with Crippen LogP contribution in [0.3, 0.4) is 0 Å². The van der Waals surface area contributed by atoms with Crippen molar-refractivity contribution in [3.63, 3.8) is 0 Å². The molecule has 0 saturated carbocycles. The molecule has 5 heteroatoms. The summed E-state index contributed by atoms with van der Waals surface area (Å²) in [6, 6.07) is 0. The van der Waals surface area contributed by atoms with Crippen molar-refractivity contribution in [1.82, 2.24) is 11.0 Å². The van der Waals surface area contributed by atoms with Gasteiger partial charge in [0.05, 0.1) is 0 Å². The fourth-order valence-electron chi connectivity index (χ4n) is 0. The Bertz CT molecular complexity index is 7.61. The van der Waals surface area contributed by atoms with Gasteiger partial charge in [0.25, 0.3) is 0 Å². The van der Waals surface area contributed by atoms with Crippen molar-refractivity contribution >= 4 is 18.8 Å². The molecular weight excluding hydrogens is 285 g/mol. The van der Waals surface area contributed by atoms with E-state index in [1.165, 1.54) is 0 Å². The van der Waals surface area contributed by atoms with E-state index >= 15 is 0 Å². The molecule has 0 aromatic heterocycles. The maximum absolute atomic E-state index is 2.58. The molecule has 0 radical (unpaired) electrons. The molecule has 0 amide bonds.